The molecule has 0 saturated carbocycles. The molecule has 1 saturated heterocycles. The second kappa shape index (κ2) is 8.63. The van der Waals surface area contributed by atoms with E-state index in [0.29, 0.717) is 21.8 Å². The number of carbonyl (C=O) groups is 1. The summed E-state index contributed by atoms with van der Waals surface area (Å²) >= 11 is 1.21. The molecule has 0 spiro atoms. The van der Waals surface area contributed by atoms with Gasteiger partial charge in [0.2, 0.25) is 5.95 Å². The van der Waals surface area contributed by atoms with E-state index in [9.17, 15) is 19.5 Å². The Balaban J connectivity index is 1.78. The van der Waals surface area contributed by atoms with E-state index in [1.165, 1.54) is 18.4 Å². The smallest absolute Gasteiger partial charge is 0.331 e. The zero-order valence-corrected chi connectivity index (χ0v) is 20.4. The minimum absolute atomic E-state index is 0.0156. The van der Waals surface area contributed by atoms with Crippen LogP contribution in [0.5, 0.6) is 0 Å². The number of benzene rings is 1. The molecule has 35 heavy (non-hydrogen) atoms. The number of fused-ring (bicyclic) bond motifs is 2. The van der Waals surface area contributed by atoms with Crippen LogP contribution in [0.25, 0.3) is 21.3 Å². The number of aromatic nitrogens is 4. The van der Waals surface area contributed by atoms with Crippen molar-refractivity contribution in [1.29, 1.82) is 0 Å². The van der Waals surface area contributed by atoms with Gasteiger partial charge >= 0.3 is 5.69 Å². The van der Waals surface area contributed by atoms with E-state index in [0.717, 1.165) is 15.1 Å². The van der Waals surface area contributed by atoms with Crippen LogP contribution in [0, 0.1) is 5.92 Å². The maximum absolute atomic E-state index is 13.7. The van der Waals surface area contributed by atoms with Gasteiger partial charge in [-0.25, -0.2) is 14.8 Å². The Labute approximate surface area is 203 Å². The molecule has 1 aliphatic rings. The molecule has 12 heteroatoms. The number of hydrogen-bond acceptors (Lipinski definition) is 8. The van der Waals surface area contributed by atoms with Crippen molar-refractivity contribution >= 4 is 44.4 Å². The van der Waals surface area contributed by atoms with E-state index in [1.807, 2.05) is 38.1 Å². The number of hydrogen-bond donors (Lipinski definition) is 2. The van der Waals surface area contributed by atoms with Crippen LogP contribution < -0.4 is 17.0 Å². The van der Waals surface area contributed by atoms with Crippen molar-refractivity contribution in [1.82, 2.24) is 23.7 Å². The Morgan fingerprint density at radius 1 is 1.29 bits per heavy atom. The molecule has 11 nitrogen and oxygen atoms in total. The lowest BCUT2D eigenvalue weighted by atomic mass is 10.1. The van der Waals surface area contributed by atoms with Gasteiger partial charge in [-0.05, 0) is 18.1 Å². The third kappa shape index (κ3) is 3.83. The van der Waals surface area contributed by atoms with E-state index in [1.54, 1.807) is 9.13 Å². The van der Waals surface area contributed by atoms with E-state index in [4.69, 9.17) is 10.6 Å². The first-order valence-corrected chi connectivity index (χ1v) is 12.1. The van der Waals surface area contributed by atoms with Crippen LogP contribution in [-0.4, -0.2) is 54.0 Å². The van der Waals surface area contributed by atoms with Gasteiger partial charge in [-0.1, -0.05) is 26.0 Å². The number of para-hydroxylation sites is 2. The quantitative estimate of drug-likeness (QED) is 0.421. The van der Waals surface area contributed by atoms with Gasteiger partial charge < -0.3 is 15.4 Å². The summed E-state index contributed by atoms with van der Waals surface area (Å²) in [6.45, 7) is 4.47. The number of amides is 1. The first kappa shape index (κ1) is 23.3. The van der Waals surface area contributed by atoms with Crippen molar-refractivity contribution < 1.29 is 14.7 Å². The number of nitrogen functional groups attached to an aromatic ring is 1. The van der Waals surface area contributed by atoms with Crippen molar-refractivity contribution in [2.75, 3.05) is 18.9 Å². The Morgan fingerprint density at radius 2 is 2.03 bits per heavy atom. The zero-order chi connectivity index (χ0) is 25.0. The van der Waals surface area contributed by atoms with Crippen LogP contribution in [0.15, 0.2) is 33.9 Å². The van der Waals surface area contributed by atoms with Gasteiger partial charge in [0, 0.05) is 18.5 Å². The molecule has 0 bridgehead atoms. The van der Waals surface area contributed by atoms with E-state index in [2.05, 4.69) is 4.98 Å². The SMILES string of the molecule is CC(C)Cn1c(=O)n(C)c(=O)c2c(C(=O)N3C[C@H](O)CO3)c(Cn3c(N)nc4ccccc43)sc21. The largest absolute Gasteiger partial charge is 0.389 e. The number of anilines is 1. The molecule has 0 unspecified atom stereocenters. The van der Waals surface area contributed by atoms with Crippen LogP contribution in [0.1, 0.15) is 29.1 Å². The first-order valence-electron chi connectivity index (χ1n) is 11.3. The number of imidazole rings is 1. The molecule has 5 rings (SSSR count). The average Bonchev–Trinajstić information content (AvgIpc) is 3.50. The van der Waals surface area contributed by atoms with E-state index >= 15 is 0 Å². The predicted molar refractivity (Wildman–Crippen MR) is 132 cm³/mol. The van der Waals surface area contributed by atoms with Gasteiger partial charge in [-0.3, -0.25) is 23.6 Å². The fourth-order valence-electron chi connectivity index (χ4n) is 4.38. The number of thiophene rings is 1. The van der Waals surface area contributed by atoms with Crippen molar-refractivity contribution in [2.24, 2.45) is 13.0 Å². The molecule has 0 aliphatic carbocycles. The summed E-state index contributed by atoms with van der Waals surface area (Å²) in [7, 11) is 1.41. The summed E-state index contributed by atoms with van der Waals surface area (Å²) < 4.78 is 4.34. The van der Waals surface area contributed by atoms with Gasteiger partial charge in [0.1, 0.15) is 17.5 Å². The number of nitrogens with two attached hydrogens (primary N) is 1. The summed E-state index contributed by atoms with van der Waals surface area (Å²) in [6.07, 6.45) is -0.817. The van der Waals surface area contributed by atoms with Gasteiger partial charge in [0.25, 0.3) is 11.5 Å². The van der Waals surface area contributed by atoms with Crippen LogP contribution in [0.4, 0.5) is 5.95 Å². The van der Waals surface area contributed by atoms with Gasteiger partial charge in [-0.15, -0.1) is 11.3 Å². The number of aliphatic hydroxyl groups excluding tert-OH is 1. The maximum atomic E-state index is 13.7. The molecule has 0 radical (unpaired) electrons. The molecular formula is C23H26N6O5S. The van der Waals surface area contributed by atoms with Crippen molar-refractivity contribution in [3.63, 3.8) is 0 Å². The number of β-amino-alcohol motifs (C(OH)–C–C–N with tert-alkyl or cyclic N) is 1. The highest BCUT2D eigenvalue weighted by molar-refractivity contribution is 7.19. The normalized spacial score (nSPS) is 16.3. The number of hydroxylamine groups is 2. The minimum atomic E-state index is -0.817. The second-order valence-corrected chi connectivity index (χ2v) is 10.2. The fourth-order valence-corrected chi connectivity index (χ4v) is 5.66. The molecule has 3 aromatic heterocycles. The molecule has 1 amide bonds. The summed E-state index contributed by atoms with van der Waals surface area (Å²) in [6, 6.07) is 7.44. The molecular weight excluding hydrogens is 472 g/mol. The Kier molecular flexibility index (Phi) is 5.74. The highest BCUT2D eigenvalue weighted by Gasteiger charge is 2.33. The first-order chi connectivity index (χ1) is 16.7. The van der Waals surface area contributed by atoms with Crippen LogP contribution >= 0.6 is 11.3 Å². The lowest BCUT2D eigenvalue weighted by Gasteiger charge is -2.15. The Bertz CT molecular complexity index is 1580. The maximum Gasteiger partial charge on any atom is 0.331 e. The molecule has 4 aromatic rings. The van der Waals surface area contributed by atoms with Gasteiger partial charge in [0.05, 0.1) is 35.1 Å². The lowest BCUT2D eigenvalue weighted by molar-refractivity contribution is -0.0778. The van der Waals surface area contributed by atoms with E-state index < -0.39 is 23.3 Å². The molecule has 1 aliphatic heterocycles. The topological polar surface area (TPSA) is 138 Å². The van der Waals surface area contributed by atoms with Crippen LogP contribution in [-0.2, 0) is 25.0 Å². The lowest BCUT2D eigenvalue weighted by Crippen LogP contribution is -2.39. The third-order valence-electron chi connectivity index (χ3n) is 6.02. The molecule has 1 fully saturated rings. The van der Waals surface area contributed by atoms with Gasteiger partial charge in [0.15, 0.2) is 0 Å². The molecule has 184 valence electrons. The molecule has 4 heterocycles. The van der Waals surface area contributed by atoms with Crippen molar-refractivity contribution in [3.05, 3.63) is 55.5 Å². The summed E-state index contributed by atoms with van der Waals surface area (Å²) in [5.74, 6) is -0.150. The highest BCUT2D eigenvalue weighted by Crippen LogP contribution is 2.33. The number of carbonyl (C=O) groups excluding carboxylic acids is 1. The average molecular weight is 499 g/mol. The van der Waals surface area contributed by atoms with Gasteiger partial charge in [-0.2, -0.15) is 0 Å². The third-order valence-corrected chi connectivity index (χ3v) is 7.21. The number of nitrogens with zero attached hydrogens (tertiary/aromatic N) is 5. The van der Waals surface area contributed by atoms with Crippen molar-refractivity contribution in [3.8, 4) is 0 Å². The van der Waals surface area contributed by atoms with Crippen LogP contribution in [0.2, 0.25) is 0 Å². The highest BCUT2D eigenvalue weighted by atomic mass is 32.1. The molecule has 1 aromatic carbocycles. The Morgan fingerprint density at radius 3 is 2.71 bits per heavy atom. The van der Waals surface area contributed by atoms with Crippen molar-refractivity contribution in [2.45, 2.75) is 33.0 Å². The molecule has 3 N–H and O–H groups in total. The zero-order valence-electron chi connectivity index (χ0n) is 19.6. The fraction of sp³-hybridized carbons (Fsp3) is 0.391. The standard InChI is InChI=1S/C23H26N6O5S/c1-12(2)8-28-21-18(19(31)26(3)23(28)33)17(20(32)29-9-13(30)11-34-29)16(35-21)10-27-15-7-5-4-6-14(15)25-22(27)24/h4-7,12-13,30H,8-11H2,1-3H3,(H2,24,25)/t13-/m0/s1. The second-order valence-electron chi connectivity index (χ2n) is 9.09. The Hall–Kier alpha value is -3.48. The summed E-state index contributed by atoms with van der Waals surface area (Å²) in [5, 5.41) is 11.1. The molecule has 1 atom stereocenters. The number of aliphatic hydroxyl groups is 1. The summed E-state index contributed by atoms with van der Waals surface area (Å²) in [4.78, 5) is 50.8. The van der Waals surface area contributed by atoms with E-state index in [-0.39, 0.29) is 42.5 Å². The summed E-state index contributed by atoms with van der Waals surface area (Å²) in [5.41, 5.74) is 6.85. The predicted octanol–water partition coefficient (Wildman–Crippen LogP) is 1.15. The van der Waals surface area contributed by atoms with Crippen LogP contribution in [0.3, 0.4) is 0 Å². The monoisotopic (exact) mass is 498 g/mol. The minimum Gasteiger partial charge on any atom is -0.389 e. The number of rotatable bonds is 5.